The lowest BCUT2D eigenvalue weighted by Crippen LogP contribution is -2.14. The first-order valence-electron chi connectivity index (χ1n) is 8.65. The number of hydrogen-bond acceptors (Lipinski definition) is 5. The minimum absolute atomic E-state index is 0.181. The Kier molecular flexibility index (Phi) is 6.50. The molecule has 0 spiro atoms. The Labute approximate surface area is 147 Å². The molecule has 2 heterocycles. The predicted molar refractivity (Wildman–Crippen MR) is 94.6 cm³/mol. The number of carbonyl (C=O) groups is 1. The lowest BCUT2D eigenvalue weighted by Gasteiger charge is -2.13. The van der Waals surface area contributed by atoms with Crippen LogP contribution in [-0.2, 0) is 17.7 Å². The molecule has 0 unspecified atom stereocenters. The SMILES string of the molecule is CC(C)CCn1ncc(C(=O)OCCc2cnc(=O)[nH]c2)c1C(C)C. The summed E-state index contributed by atoms with van der Waals surface area (Å²) in [6.07, 6.45) is 6.16. The number of aromatic amines is 1. The van der Waals surface area contributed by atoms with Gasteiger partial charge in [0.25, 0.3) is 0 Å². The zero-order valence-corrected chi connectivity index (χ0v) is 15.3. The Morgan fingerprint density at radius 2 is 2.04 bits per heavy atom. The summed E-state index contributed by atoms with van der Waals surface area (Å²) >= 11 is 0. The summed E-state index contributed by atoms with van der Waals surface area (Å²) in [5.41, 5.74) is 1.86. The van der Waals surface area contributed by atoms with Gasteiger partial charge < -0.3 is 9.72 Å². The summed E-state index contributed by atoms with van der Waals surface area (Å²) in [4.78, 5) is 29.5. The summed E-state index contributed by atoms with van der Waals surface area (Å²) in [5, 5.41) is 4.37. The quantitative estimate of drug-likeness (QED) is 0.742. The molecule has 136 valence electrons. The Morgan fingerprint density at radius 3 is 2.64 bits per heavy atom. The van der Waals surface area contributed by atoms with Gasteiger partial charge in [-0.1, -0.05) is 27.7 Å². The van der Waals surface area contributed by atoms with Gasteiger partial charge in [-0.15, -0.1) is 0 Å². The first-order chi connectivity index (χ1) is 11.9. The molecule has 0 aliphatic carbocycles. The van der Waals surface area contributed by atoms with Crippen molar-refractivity contribution in [3.8, 4) is 0 Å². The molecule has 7 nitrogen and oxygen atoms in total. The van der Waals surface area contributed by atoms with Crippen LogP contribution in [0, 0.1) is 5.92 Å². The van der Waals surface area contributed by atoms with E-state index < -0.39 is 5.69 Å². The van der Waals surface area contributed by atoms with Crippen LogP contribution >= 0.6 is 0 Å². The van der Waals surface area contributed by atoms with Crippen LogP contribution in [-0.4, -0.2) is 32.3 Å². The van der Waals surface area contributed by atoms with Gasteiger partial charge in [-0.2, -0.15) is 5.10 Å². The molecular formula is C18H26N4O3. The van der Waals surface area contributed by atoms with Crippen LogP contribution in [0.1, 0.15) is 61.6 Å². The molecule has 2 aromatic heterocycles. The van der Waals surface area contributed by atoms with Crippen molar-refractivity contribution >= 4 is 5.97 Å². The fraction of sp³-hybridized carbons (Fsp3) is 0.556. The number of nitrogens with zero attached hydrogens (tertiary/aromatic N) is 3. The highest BCUT2D eigenvalue weighted by Crippen LogP contribution is 2.21. The lowest BCUT2D eigenvalue weighted by atomic mass is 10.1. The molecule has 2 aromatic rings. The van der Waals surface area contributed by atoms with E-state index in [0.717, 1.165) is 24.2 Å². The van der Waals surface area contributed by atoms with Crippen LogP contribution < -0.4 is 5.69 Å². The van der Waals surface area contributed by atoms with Crippen LogP contribution in [0.2, 0.25) is 0 Å². The molecule has 0 aliphatic heterocycles. The second kappa shape index (κ2) is 8.60. The molecule has 0 radical (unpaired) electrons. The van der Waals surface area contributed by atoms with Crippen LogP contribution in [0.15, 0.2) is 23.4 Å². The van der Waals surface area contributed by atoms with E-state index in [-0.39, 0.29) is 18.5 Å². The molecule has 0 bridgehead atoms. The number of hydrogen-bond donors (Lipinski definition) is 1. The fourth-order valence-corrected chi connectivity index (χ4v) is 2.57. The van der Waals surface area contributed by atoms with Gasteiger partial charge in [0.05, 0.1) is 18.5 Å². The third-order valence-electron chi connectivity index (χ3n) is 3.92. The molecule has 0 saturated carbocycles. The standard InChI is InChI=1S/C18H26N4O3/c1-12(2)5-7-22-16(13(3)4)15(11-21-22)17(23)25-8-6-14-9-19-18(24)20-10-14/h9-13H,5-8H2,1-4H3,(H,19,20,24). The van der Waals surface area contributed by atoms with Crippen molar-refractivity contribution in [3.63, 3.8) is 0 Å². The predicted octanol–water partition coefficient (Wildman–Crippen LogP) is 2.54. The number of aromatic nitrogens is 4. The van der Waals surface area contributed by atoms with Crippen LogP contribution in [0.3, 0.4) is 0 Å². The second-order valence-electron chi connectivity index (χ2n) is 6.82. The normalized spacial score (nSPS) is 11.3. The van der Waals surface area contributed by atoms with Crippen LogP contribution in [0.25, 0.3) is 0 Å². The Bertz CT molecular complexity index is 741. The number of aryl methyl sites for hydroxylation is 1. The number of rotatable bonds is 8. The smallest absolute Gasteiger partial charge is 0.344 e. The van der Waals surface area contributed by atoms with Crippen LogP contribution in [0.4, 0.5) is 0 Å². The number of carbonyl (C=O) groups excluding carboxylic acids is 1. The molecule has 1 N–H and O–H groups in total. The molecule has 0 aliphatic rings. The van der Waals surface area contributed by atoms with Crippen LogP contribution in [0.5, 0.6) is 0 Å². The highest BCUT2D eigenvalue weighted by molar-refractivity contribution is 5.90. The largest absolute Gasteiger partial charge is 0.462 e. The number of H-pyrrole nitrogens is 1. The van der Waals surface area contributed by atoms with Gasteiger partial charge in [0.2, 0.25) is 0 Å². The second-order valence-corrected chi connectivity index (χ2v) is 6.82. The van der Waals surface area contributed by atoms with E-state index in [1.807, 2.05) is 18.5 Å². The van der Waals surface area contributed by atoms with E-state index in [0.29, 0.717) is 17.9 Å². The molecule has 2 rings (SSSR count). The zero-order valence-electron chi connectivity index (χ0n) is 15.3. The minimum atomic E-state index is -0.392. The topological polar surface area (TPSA) is 89.9 Å². The molecular weight excluding hydrogens is 320 g/mol. The first kappa shape index (κ1) is 18.9. The van der Waals surface area contributed by atoms with Crippen molar-refractivity contribution in [1.29, 1.82) is 0 Å². The van der Waals surface area contributed by atoms with E-state index in [1.54, 1.807) is 12.4 Å². The molecule has 25 heavy (non-hydrogen) atoms. The lowest BCUT2D eigenvalue weighted by molar-refractivity contribution is 0.0507. The summed E-state index contributed by atoms with van der Waals surface area (Å²) in [7, 11) is 0. The minimum Gasteiger partial charge on any atom is -0.462 e. The molecule has 0 aromatic carbocycles. The average molecular weight is 346 g/mol. The van der Waals surface area contributed by atoms with Gasteiger partial charge in [0, 0.05) is 25.4 Å². The summed E-state index contributed by atoms with van der Waals surface area (Å²) < 4.78 is 7.29. The van der Waals surface area contributed by atoms with Gasteiger partial charge in [-0.3, -0.25) is 4.68 Å². The Hall–Kier alpha value is -2.44. The summed E-state index contributed by atoms with van der Waals surface area (Å²) in [5.74, 6) is 0.392. The molecule has 7 heteroatoms. The third kappa shape index (κ3) is 5.27. The molecule has 0 amide bonds. The molecule has 0 fully saturated rings. The number of nitrogens with one attached hydrogen (secondary N) is 1. The number of ether oxygens (including phenoxy) is 1. The molecule has 0 saturated heterocycles. The van der Waals surface area contributed by atoms with E-state index in [1.165, 1.54) is 6.20 Å². The maximum absolute atomic E-state index is 12.4. The van der Waals surface area contributed by atoms with Gasteiger partial charge in [-0.25, -0.2) is 14.6 Å². The monoisotopic (exact) mass is 346 g/mol. The first-order valence-corrected chi connectivity index (χ1v) is 8.65. The van der Waals surface area contributed by atoms with E-state index >= 15 is 0 Å². The summed E-state index contributed by atoms with van der Waals surface area (Å²) in [6.45, 7) is 9.44. The number of esters is 1. The fourth-order valence-electron chi connectivity index (χ4n) is 2.57. The van der Waals surface area contributed by atoms with E-state index in [9.17, 15) is 9.59 Å². The maximum Gasteiger partial charge on any atom is 0.344 e. The average Bonchev–Trinajstić information content (AvgIpc) is 2.99. The van der Waals surface area contributed by atoms with Crippen molar-refractivity contribution in [2.45, 2.75) is 53.0 Å². The van der Waals surface area contributed by atoms with E-state index in [2.05, 4.69) is 28.9 Å². The zero-order chi connectivity index (χ0) is 18.4. The summed E-state index contributed by atoms with van der Waals surface area (Å²) in [6, 6.07) is 0. The van der Waals surface area contributed by atoms with Gasteiger partial charge >= 0.3 is 11.7 Å². The Balaban J connectivity index is 2.00. The van der Waals surface area contributed by atoms with Gasteiger partial charge in [0.15, 0.2) is 0 Å². The highest BCUT2D eigenvalue weighted by atomic mass is 16.5. The van der Waals surface area contributed by atoms with Crippen molar-refractivity contribution in [2.75, 3.05) is 6.61 Å². The van der Waals surface area contributed by atoms with E-state index in [4.69, 9.17) is 4.74 Å². The van der Waals surface area contributed by atoms with Gasteiger partial charge in [-0.05, 0) is 23.8 Å². The third-order valence-corrected chi connectivity index (χ3v) is 3.92. The Morgan fingerprint density at radius 1 is 1.28 bits per heavy atom. The van der Waals surface area contributed by atoms with Crippen molar-refractivity contribution in [3.05, 3.63) is 45.9 Å². The van der Waals surface area contributed by atoms with Crippen molar-refractivity contribution in [2.24, 2.45) is 5.92 Å². The van der Waals surface area contributed by atoms with Gasteiger partial charge in [0.1, 0.15) is 5.56 Å². The van der Waals surface area contributed by atoms with Crippen molar-refractivity contribution < 1.29 is 9.53 Å². The van der Waals surface area contributed by atoms with Crippen molar-refractivity contribution in [1.82, 2.24) is 19.7 Å². The molecule has 0 atom stereocenters. The highest BCUT2D eigenvalue weighted by Gasteiger charge is 2.21. The maximum atomic E-state index is 12.4.